The van der Waals surface area contributed by atoms with Crippen molar-refractivity contribution < 1.29 is 31.1 Å². The van der Waals surface area contributed by atoms with Crippen LogP contribution in [0.25, 0.3) is 6.08 Å². The summed E-state index contributed by atoms with van der Waals surface area (Å²) in [6.07, 6.45) is -7.84. The molecule has 0 bridgehead atoms. The SMILES string of the molecule is CN1CCN(C(=O)/C=C/c2cc(C(F)(F)F)cc(C(F)(F)F)c2)CC1. The Bertz CT molecular complexity index is 625. The molecule has 1 saturated heterocycles. The fourth-order valence-electron chi connectivity index (χ4n) is 2.37. The van der Waals surface area contributed by atoms with Crippen molar-refractivity contribution in [3.63, 3.8) is 0 Å². The Morgan fingerprint density at radius 3 is 1.84 bits per heavy atom. The van der Waals surface area contributed by atoms with Crippen LogP contribution in [0.2, 0.25) is 0 Å². The molecule has 25 heavy (non-hydrogen) atoms. The molecule has 1 amide bonds. The van der Waals surface area contributed by atoms with Gasteiger partial charge in [0.05, 0.1) is 11.1 Å². The molecule has 1 fully saturated rings. The molecular formula is C16H16F6N2O. The number of halogens is 6. The van der Waals surface area contributed by atoms with Gasteiger partial charge in [-0.1, -0.05) is 0 Å². The van der Waals surface area contributed by atoms with Crippen molar-refractivity contribution in [2.24, 2.45) is 0 Å². The summed E-state index contributed by atoms with van der Waals surface area (Å²) in [5, 5.41) is 0. The molecule has 1 heterocycles. The summed E-state index contributed by atoms with van der Waals surface area (Å²) >= 11 is 0. The van der Waals surface area contributed by atoms with E-state index in [1.807, 2.05) is 11.9 Å². The molecule has 1 aromatic carbocycles. The van der Waals surface area contributed by atoms with Gasteiger partial charge in [0.2, 0.25) is 5.91 Å². The molecule has 138 valence electrons. The van der Waals surface area contributed by atoms with Crippen LogP contribution in [0.5, 0.6) is 0 Å². The van der Waals surface area contributed by atoms with Gasteiger partial charge in [-0.3, -0.25) is 4.79 Å². The smallest absolute Gasteiger partial charge is 0.337 e. The van der Waals surface area contributed by atoms with Crippen LogP contribution in [0.1, 0.15) is 16.7 Å². The van der Waals surface area contributed by atoms with E-state index < -0.39 is 29.4 Å². The molecule has 9 heteroatoms. The highest BCUT2D eigenvalue weighted by molar-refractivity contribution is 5.91. The van der Waals surface area contributed by atoms with E-state index in [1.54, 1.807) is 0 Å². The van der Waals surface area contributed by atoms with Crippen molar-refractivity contribution in [2.45, 2.75) is 12.4 Å². The minimum Gasteiger partial charge on any atom is -0.337 e. The van der Waals surface area contributed by atoms with Crippen LogP contribution >= 0.6 is 0 Å². The van der Waals surface area contributed by atoms with Crippen molar-refractivity contribution >= 4 is 12.0 Å². The summed E-state index contributed by atoms with van der Waals surface area (Å²) < 4.78 is 76.7. The van der Waals surface area contributed by atoms with Gasteiger partial charge in [0.15, 0.2) is 0 Å². The van der Waals surface area contributed by atoms with Gasteiger partial charge in [0.1, 0.15) is 0 Å². The Morgan fingerprint density at radius 2 is 1.40 bits per heavy atom. The Morgan fingerprint density at radius 1 is 0.920 bits per heavy atom. The highest BCUT2D eigenvalue weighted by Crippen LogP contribution is 2.36. The van der Waals surface area contributed by atoms with Crippen LogP contribution < -0.4 is 0 Å². The summed E-state index contributed by atoms with van der Waals surface area (Å²) in [6.45, 7) is 2.22. The molecule has 1 aliphatic heterocycles. The van der Waals surface area contributed by atoms with E-state index in [-0.39, 0.29) is 11.6 Å². The predicted molar refractivity (Wildman–Crippen MR) is 79.6 cm³/mol. The highest BCUT2D eigenvalue weighted by atomic mass is 19.4. The van der Waals surface area contributed by atoms with Crippen molar-refractivity contribution in [3.05, 3.63) is 41.0 Å². The molecule has 0 saturated carbocycles. The van der Waals surface area contributed by atoms with Crippen LogP contribution in [-0.2, 0) is 17.1 Å². The van der Waals surface area contributed by atoms with Gasteiger partial charge < -0.3 is 9.80 Å². The largest absolute Gasteiger partial charge is 0.416 e. The number of nitrogens with zero attached hydrogens (tertiary/aromatic N) is 2. The maximum absolute atomic E-state index is 12.8. The third-order valence-corrected chi connectivity index (χ3v) is 3.84. The molecule has 0 atom stereocenters. The number of amides is 1. The Labute approximate surface area is 140 Å². The second-order valence-corrected chi connectivity index (χ2v) is 5.80. The summed E-state index contributed by atoms with van der Waals surface area (Å²) in [6, 6.07) is 1.23. The second-order valence-electron chi connectivity index (χ2n) is 5.80. The maximum atomic E-state index is 12.8. The van der Waals surface area contributed by atoms with Crippen LogP contribution in [0.15, 0.2) is 24.3 Å². The average Bonchev–Trinajstić information content (AvgIpc) is 2.51. The number of piperazine rings is 1. The van der Waals surface area contributed by atoms with E-state index >= 15 is 0 Å². The van der Waals surface area contributed by atoms with Gasteiger partial charge in [-0.05, 0) is 36.9 Å². The van der Waals surface area contributed by atoms with Gasteiger partial charge in [0, 0.05) is 32.3 Å². The van der Waals surface area contributed by atoms with Crippen LogP contribution in [0.3, 0.4) is 0 Å². The van der Waals surface area contributed by atoms with E-state index in [9.17, 15) is 31.1 Å². The fraction of sp³-hybridized carbons (Fsp3) is 0.438. The quantitative estimate of drug-likeness (QED) is 0.591. The minimum absolute atomic E-state index is 0.0552. The number of benzene rings is 1. The second kappa shape index (κ2) is 7.07. The van der Waals surface area contributed by atoms with Crippen LogP contribution in [0, 0.1) is 0 Å². The Kier molecular flexibility index (Phi) is 5.46. The topological polar surface area (TPSA) is 23.6 Å². The highest BCUT2D eigenvalue weighted by Gasteiger charge is 2.36. The zero-order chi connectivity index (χ0) is 18.8. The van der Waals surface area contributed by atoms with E-state index in [2.05, 4.69) is 0 Å². The molecule has 0 N–H and O–H groups in total. The zero-order valence-corrected chi connectivity index (χ0v) is 13.3. The number of carbonyl (C=O) groups excluding carboxylic acids is 1. The molecule has 3 nitrogen and oxygen atoms in total. The molecule has 2 rings (SSSR count). The lowest BCUT2D eigenvalue weighted by Crippen LogP contribution is -2.46. The van der Waals surface area contributed by atoms with Crippen LogP contribution in [0.4, 0.5) is 26.3 Å². The molecule has 0 aliphatic carbocycles. The molecular weight excluding hydrogens is 350 g/mol. The third kappa shape index (κ3) is 5.22. The number of rotatable bonds is 2. The molecule has 1 aromatic rings. The van der Waals surface area contributed by atoms with Gasteiger partial charge in [-0.25, -0.2) is 0 Å². The van der Waals surface area contributed by atoms with Crippen molar-refractivity contribution in [1.29, 1.82) is 0 Å². The maximum Gasteiger partial charge on any atom is 0.416 e. The zero-order valence-electron chi connectivity index (χ0n) is 13.3. The summed E-state index contributed by atoms with van der Waals surface area (Å²) in [4.78, 5) is 15.5. The number of hydrogen-bond acceptors (Lipinski definition) is 2. The molecule has 0 spiro atoms. The minimum atomic E-state index is -4.91. The lowest BCUT2D eigenvalue weighted by atomic mass is 10.0. The summed E-state index contributed by atoms with van der Waals surface area (Å²) in [5.41, 5.74) is -3.15. The number of alkyl halides is 6. The number of carbonyl (C=O) groups is 1. The van der Waals surface area contributed by atoms with Crippen molar-refractivity contribution in [1.82, 2.24) is 9.80 Å². The van der Waals surface area contributed by atoms with E-state index in [0.29, 0.717) is 38.3 Å². The monoisotopic (exact) mass is 366 g/mol. The van der Waals surface area contributed by atoms with E-state index in [1.165, 1.54) is 4.90 Å². The van der Waals surface area contributed by atoms with Gasteiger partial charge >= 0.3 is 12.4 Å². The first-order valence-corrected chi connectivity index (χ1v) is 7.42. The lowest BCUT2D eigenvalue weighted by molar-refractivity contribution is -0.143. The average molecular weight is 366 g/mol. The summed E-state index contributed by atoms with van der Waals surface area (Å²) in [7, 11) is 1.89. The fourth-order valence-corrected chi connectivity index (χ4v) is 2.37. The first-order valence-electron chi connectivity index (χ1n) is 7.42. The Balaban J connectivity index is 2.24. The van der Waals surface area contributed by atoms with Crippen molar-refractivity contribution in [2.75, 3.05) is 33.2 Å². The van der Waals surface area contributed by atoms with Gasteiger partial charge in [0.25, 0.3) is 0 Å². The molecule has 0 unspecified atom stereocenters. The predicted octanol–water partition coefficient (Wildman–Crippen LogP) is 3.51. The normalized spacial score (nSPS) is 17.3. The van der Waals surface area contributed by atoms with Crippen molar-refractivity contribution in [3.8, 4) is 0 Å². The first-order chi connectivity index (χ1) is 11.5. The third-order valence-electron chi connectivity index (χ3n) is 3.84. The standard InChI is InChI=1S/C16H16F6N2O/c1-23-4-6-24(7-5-23)14(25)3-2-11-8-12(15(17,18)19)10-13(9-11)16(20,21)22/h2-3,8-10H,4-7H2,1H3/b3-2+. The lowest BCUT2D eigenvalue weighted by Gasteiger charge is -2.31. The Hall–Kier alpha value is -2.03. The van der Waals surface area contributed by atoms with E-state index in [4.69, 9.17) is 0 Å². The van der Waals surface area contributed by atoms with Crippen LogP contribution in [-0.4, -0.2) is 48.9 Å². The summed E-state index contributed by atoms with van der Waals surface area (Å²) in [5.74, 6) is -0.445. The van der Waals surface area contributed by atoms with E-state index in [0.717, 1.165) is 12.2 Å². The molecule has 0 aromatic heterocycles. The number of likely N-dealkylation sites (N-methyl/N-ethyl adjacent to an activating group) is 1. The number of hydrogen-bond donors (Lipinski definition) is 0. The first kappa shape index (κ1) is 19.3. The molecule has 1 aliphatic rings. The van der Waals surface area contributed by atoms with Gasteiger partial charge in [-0.2, -0.15) is 26.3 Å². The van der Waals surface area contributed by atoms with Gasteiger partial charge in [-0.15, -0.1) is 0 Å². The molecule has 0 radical (unpaired) electrons.